The lowest BCUT2D eigenvalue weighted by atomic mass is 10.1. The van der Waals surface area contributed by atoms with Gasteiger partial charge in [-0.25, -0.2) is 13.1 Å². The Morgan fingerprint density at radius 1 is 1.33 bits per heavy atom. The highest BCUT2D eigenvalue weighted by Crippen LogP contribution is 2.44. The normalized spacial score (nSPS) is 17.7. The third-order valence-electron chi connectivity index (χ3n) is 3.41. The highest BCUT2D eigenvalue weighted by atomic mass is 32.2. The Hall–Kier alpha value is -0.910. The van der Waals surface area contributed by atoms with Crippen LogP contribution in [-0.2, 0) is 22.3 Å². The Morgan fingerprint density at radius 2 is 2.00 bits per heavy atom. The summed E-state index contributed by atoms with van der Waals surface area (Å²) in [6.45, 7) is 3.08. The molecule has 1 aromatic carbocycles. The van der Waals surface area contributed by atoms with Crippen LogP contribution in [-0.4, -0.2) is 15.0 Å². The molecule has 0 aliphatic heterocycles. The monoisotopic (exact) mass is 268 g/mol. The van der Waals surface area contributed by atoms with Crippen LogP contribution in [0.5, 0.6) is 0 Å². The lowest BCUT2D eigenvalue weighted by Gasteiger charge is -2.11. The molecule has 0 bridgehead atoms. The number of hydrogen-bond acceptors (Lipinski definition) is 3. The quantitative estimate of drug-likeness (QED) is 0.818. The van der Waals surface area contributed by atoms with Gasteiger partial charge in [-0.3, -0.25) is 0 Å². The predicted octanol–water partition coefficient (Wildman–Crippen LogP) is 1.36. The Balaban J connectivity index is 1.97. The summed E-state index contributed by atoms with van der Waals surface area (Å²) >= 11 is 0. The summed E-state index contributed by atoms with van der Waals surface area (Å²) in [6, 6.07) is 7.40. The topological polar surface area (TPSA) is 72.2 Å². The largest absolute Gasteiger partial charge is 0.326 e. The Labute approximate surface area is 109 Å². The van der Waals surface area contributed by atoms with Gasteiger partial charge >= 0.3 is 0 Å². The summed E-state index contributed by atoms with van der Waals surface area (Å²) in [5.41, 5.74) is 7.47. The second-order valence-electron chi connectivity index (χ2n) is 5.41. The van der Waals surface area contributed by atoms with Gasteiger partial charge in [-0.05, 0) is 29.4 Å². The maximum Gasteiger partial charge on any atom is 0.215 e. The fourth-order valence-electron chi connectivity index (χ4n) is 1.79. The Kier molecular flexibility index (Phi) is 3.75. The van der Waals surface area contributed by atoms with E-state index in [0.717, 1.165) is 24.0 Å². The zero-order valence-corrected chi connectivity index (χ0v) is 11.5. The fraction of sp³-hybridized carbons (Fsp3) is 0.538. The van der Waals surface area contributed by atoms with Crippen molar-refractivity contribution in [2.75, 3.05) is 6.54 Å². The first-order chi connectivity index (χ1) is 8.42. The number of benzene rings is 1. The van der Waals surface area contributed by atoms with E-state index >= 15 is 0 Å². The van der Waals surface area contributed by atoms with E-state index in [-0.39, 0.29) is 11.2 Å². The molecule has 1 aromatic rings. The first kappa shape index (κ1) is 13.5. The van der Waals surface area contributed by atoms with E-state index in [0.29, 0.717) is 13.1 Å². The molecule has 1 aliphatic rings. The molecule has 0 amide bonds. The fourth-order valence-corrected chi connectivity index (χ4v) is 3.08. The van der Waals surface area contributed by atoms with E-state index in [2.05, 4.69) is 11.6 Å². The third kappa shape index (κ3) is 3.80. The van der Waals surface area contributed by atoms with Crippen molar-refractivity contribution in [3.05, 3.63) is 35.4 Å². The van der Waals surface area contributed by atoms with Gasteiger partial charge in [-0.15, -0.1) is 0 Å². The van der Waals surface area contributed by atoms with Crippen molar-refractivity contribution in [1.29, 1.82) is 0 Å². The SMILES string of the molecule is CC1(CNS(=O)(=O)Cc2cccc(CN)c2)CC1. The maximum atomic E-state index is 11.9. The van der Waals surface area contributed by atoms with Crippen molar-refractivity contribution in [1.82, 2.24) is 4.72 Å². The van der Waals surface area contributed by atoms with Crippen LogP contribution in [0.15, 0.2) is 24.3 Å². The Bertz CT molecular complexity index is 522. The van der Waals surface area contributed by atoms with Crippen LogP contribution in [0.3, 0.4) is 0 Å². The van der Waals surface area contributed by atoms with Gasteiger partial charge in [0, 0.05) is 13.1 Å². The summed E-state index contributed by atoms with van der Waals surface area (Å²) in [5.74, 6) is 0.0247. The minimum Gasteiger partial charge on any atom is -0.326 e. The van der Waals surface area contributed by atoms with E-state index < -0.39 is 10.0 Å². The average Bonchev–Trinajstić information content (AvgIpc) is 3.06. The molecule has 100 valence electrons. The minimum absolute atomic E-state index is 0.0247. The van der Waals surface area contributed by atoms with Gasteiger partial charge in [-0.2, -0.15) is 0 Å². The molecule has 0 aromatic heterocycles. The van der Waals surface area contributed by atoms with Gasteiger partial charge in [0.25, 0.3) is 0 Å². The first-order valence-electron chi connectivity index (χ1n) is 6.18. The molecule has 1 fully saturated rings. The first-order valence-corrected chi connectivity index (χ1v) is 7.83. The van der Waals surface area contributed by atoms with E-state index in [9.17, 15) is 8.42 Å². The number of sulfonamides is 1. The van der Waals surface area contributed by atoms with E-state index in [4.69, 9.17) is 5.73 Å². The second kappa shape index (κ2) is 4.99. The van der Waals surface area contributed by atoms with Crippen LogP contribution in [0.2, 0.25) is 0 Å². The van der Waals surface area contributed by atoms with Gasteiger partial charge < -0.3 is 5.73 Å². The third-order valence-corrected chi connectivity index (χ3v) is 4.70. The molecule has 18 heavy (non-hydrogen) atoms. The predicted molar refractivity (Wildman–Crippen MR) is 72.3 cm³/mol. The van der Waals surface area contributed by atoms with Crippen molar-refractivity contribution in [2.45, 2.75) is 32.1 Å². The lowest BCUT2D eigenvalue weighted by Crippen LogP contribution is -2.30. The summed E-state index contributed by atoms with van der Waals surface area (Å²) in [6.07, 6.45) is 2.22. The van der Waals surface area contributed by atoms with E-state index in [1.807, 2.05) is 24.3 Å². The van der Waals surface area contributed by atoms with Crippen LogP contribution < -0.4 is 10.5 Å². The summed E-state index contributed by atoms with van der Waals surface area (Å²) in [5, 5.41) is 0. The van der Waals surface area contributed by atoms with Crippen LogP contribution in [0.25, 0.3) is 0 Å². The molecule has 4 nitrogen and oxygen atoms in total. The number of hydrogen-bond donors (Lipinski definition) is 2. The molecular weight excluding hydrogens is 248 g/mol. The van der Waals surface area contributed by atoms with E-state index in [1.54, 1.807) is 0 Å². The molecule has 1 saturated carbocycles. The number of rotatable bonds is 6. The molecule has 0 spiro atoms. The van der Waals surface area contributed by atoms with Crippen LogP contribution in [0.1, 0.15) is 30.9 Å². The summed E-state index contributed by atoms with van der Waals surface area (Å²) in [4.78, 5) is 0. The molecule has 2 rings (SSSR count). The van der Waals surface area contributed by atoms with Crippen LogP contribution in [0, 0.1) is 5.41 Å². The van der Waals surface area contributed by atoms with E-state index in [1.165, 1.54) is 0 Å². The van der Waals surface area contributed by atoms with Crippen LogP contribution in [0.4, 0.5) is 0 Å². The smallest absolute Gasteiger partial charge is 0.215 e. The van der Waals surface area contributed by atoms with Crippen molar-refractivity contribution in [3.8, 4) is 0 Å². The molecular formula is C13H20N2O2S. The molecule has 3 N–H and O–H groups in total. The molecule has 0 heterocycles. The van der Waals surface area contributed by atoms with Gasteiger partial charge in [-0.1, -0.05) is 31.2 Å². The Morgan fingerprint density at radius 3 is 2.61 bits per heavy atom. The minimum atomic E-state index is -3.24. The molecule has 0 atom stereocenters. The van der Waals surface area contributed by atoms with Crippen molar-refractivity contribution < 1.29 is 8.42 Å². The molecule has 5 heteroatoms. The molecule has 0 unspecified atom stereocenters. The zero-order valence-electron chi connectivity index (χ0n) is 10.6. The maximum absolute atomic E-state index is 11.9. The number of nitrogens with two attached hydrogens (primary N) is 1. The lowest BCUT2D eigenvalue weighted by molar-refractivity contribution is 0.530. The highest BCUT2D eigenvalue weighted by molar-refractivity contribution is 7.88. The van der Waals surface area contributed by atoms with Crippen LogP contribution >= 0.6 is 0 Å². The van der Waals surface area contributed by atoms with Crippen molar-refractivity contribution >= 4 is 10.0 Å². The van der Waals surface area contributed by atoms with Gasteiger partial charge in [0.05, 0.1) is 5.75 Å². The van der Waals surface area contributed by atoms with Crippen molar-refractivity contribution in [3.63, 3.8) is 0 Å². The summed E-state index contributed by atoms with van der Waals surface area (Å²) < 4.78 is 26.6. The highest BCUT2D eigenvalue weighted by Gasteiger charge is 2.37. The zero-order chi connectivity index (χ0) is 13.2. The standard InChI is InChI=1S/C13H20N2O2S/c1-13(5-6-13)10-15-18(16,17)9-12-4-2-3-11(7-12)8-14/h2-4,7,15H,5-6,8-10,14H2,1H3. The molecule has 0 saturated heterocycles. The number of nitrogens with one attached hydrogen (secondary N) is 1. The summed E-state index contributed by atoms with van der Waals surface area (Å²) in [7, 11) is -3.24. The molecule has 1 aliphatic carbocycles. The van der Waals surface area contributed by atoms with Gasteiger partial charge in [0.2, 0.25) is 10.0 Å². The van der Waals surface area contributed by atoms with Crippen molar-refractivity contribution in [2.24, 2.45) is 11.1 Å². The second-order valence-corrected chi connectivity index (χ2v) is 7.22. The average molecular weight is 268 g/mol. The molecule has 0 radical (unpaired) electrons. The van der Waals surface area contributed by atoms with Gasteiger partial charge in [0.1, 0.15) is 0 Å². The van der Waals surface area contributed by atoms with Gasteiger partial charge in [0.15, 0.2) is 0 Å².